The molecule has 6 aromatic rings. The maximum atomic E-state index is 12.8. The zero-order valence-corrected chi connectivity index (χ0v) is 18.6. The highest BCUT2D eigenvalue weighted by Gasteiger charge is 2.16. The number of hydrogen-bond donors (Lipinski definition) is 1. The fourth-order valence-corrected chi connectivity index (χ4v) is 4.52. The molecule has 3 aromatic carbocycles. The van der Waals surface area contributed by atoms with Gasteiger partial charge in [-0.2, -0.15) is 10.2 Å². The minimum atomic E-state index is -0.453. The molecule has 0 saturated carbocycles. The number of hydrogen-bond acceptors (Lipinski definition) is 7. The molecule has 0 unspecified atom stereocenters. The molecule has 0 aliphatic heterocycles. The highest BCUT2D eigenvalue weighted by Crippen LogP contribution is 2.26. The van der Waals surface area contributed by atoms with Crippen LogP contribution in [0.15, 0.2) is 105 Å². The molecule has 0 amide bonds. The third-order valence-electron chi connectivity index (χ3n) is 5.32. The van der Waals surface area contributed by atoms with E-state index in [0.717, 1.165) is 21.3 Å². The molecular weight excluding hydrogens is 446 g/mol. The molecule has 8 heteroatoms. The van der Waals surface area contributed by atoms with Crippen LogP contribution < -0.4 is 11.1 Å². The molecule has 0 radical (unpaired) electrons. The Morgan fingerprint density at radius 3 is 2.65 bits per heavy atom. The van der Waals surface area contributed by atoms with Gasteiger partial charge in [0.1, 0.15) is 11.3 Å². The Morgan fingerprint density at radius 1 is 0.971 bits per heavy atom. The molecule has 0 bridgehead atoms. The van der Waals surface area contributed by atoms with Gasteiger partial charge < -0.3 is 4.42 Å². The van der Waals surface area contributed by atoms with Crippen LogP contribution in [0.4, 0.5) is 5.13 Å². The minimum absolute atomic E-state index is 0.370. The Kier molecular flexibility index (Phi) is 4.97. The lowest BCUT2D eigenvalue weighted by atomic mass is 10.1. The third-order valence-corrected chi connectivity index (χ3v) is 6.26. The molecule has 0 aliphatic carbocycles. The molecule has 3 heterocycles. The number of rotatable bonds is 5. The predicted octanol–water partition coefficient (Wildman–Crippen LogP) is 5.70. The molecule has 0 spiro atoms. The number of nitrogens with one attached hydrogen (secondary N) is 1. The van der Waals surface area contributed by atoms with Crippen molar-refractivity contribution in [3.63, 3.8) is 0 Å². The van der Waals surface area contributed by atoms with Crippen molar-refractivity contribution < 1.29 is 4.42 Å². The van der Waals surface area contributed by atoms with Gasteiger partial charge in [-0.15, -0.1) is 0 Å². The first-order valence-electron chi connectivity index (χ1n) is 10.6. The van der Waals surface area contributed by atoms with Crippen molar-refractivity contribution in [2.45, 2.75) is 0 Å². The van der Waals surface area contributed by atoms with E-state index in [-0.39, 0.29) is 0 Å². The highest BCUT2D eigenvalue weighted by molar-refractivity contribution is 7.22. The van der Waals surface area contributed by atoms with Crippen LogP contribution in [-0.4, -0.2) is 21.0 Å². The van der Waals surface area contributed by atoms with Gasteiger partial charge in [-0.1, -0.05) is 59.9 Å². The monoisotopic (exact) mass is 463 g/mol. The van der Waals surface area contributed by atoms with Gasteiger partial charge in [-0.3, -0.25) is 5.43 Å². The van der Waals surface area contributed by atoms with Crippen molar-refractivity contribution in [2.75, 3.05) is 5.43 Å². The number of aromatic nitrogens is 3. The molecule has 0 saturated heterocycles. The molecule has 0 atom stereocenters. The van der Waals surface area contributed by atoms with Crippen LogP contribution >= 0.6 is 11.3 Å². The van der Waals surface area contributed by atoms with Gasteiger partial charge in [0.15, 0.2) is 0 Å². The zero-order valence-electron chi connectivity index (χ0n) is 17.8. The quantitative estimate of drug-likeness (QED) is 0.201. The summed E-state index contributed by atoms with van der Waals surface area (Å²) < 4.78 is 8.35. The lowest BCUT2D eigenvalue weighted by molar-refractivity contribution is 0.563. The number of para-hydroxylation sites is 3. The molecular formula is C26H17N5O2S. The van der Waals surface area contributed by atoms with Gasteiger partial charge in [0, 0.05) is 17.1 Å². The predicted molar refractivity (Wildman–Crippen MR) is 136 cm³/mol. The van der Waals surface area contributed by atoms with Crippen molar-refractivity contribution in [3.8, 4) is 16.9 Å². The number of thiazole rings is 1. The van der Waals surface area contributed by atoms with E-state index in [1.165, 1.54) is 11.3 Å². The SMILES string of the molecule is O=c1oc2ccccc2cc1-c1nn(-c2ccccc2)cc1/C=N\Nc1nc2ccccc2s1. The zero-order chi connectivity index (χ0) is 22.9. The third kappa shape index (κ3) is 3.76. The standard InChI is InChI=1S/C26H17N5O2S/c32-25-20(14-17-8-4-6-12-22(17)33-25)24-18(16-31(30-24)19-9-2-1-3-10-19)15-27-29-26-28-21-11-5-7-13-23(21)34-26/h1-16H,(H,28,29)/b27-15-. The molecule has 1 N–H and O–H groups in total. The Labute approximate surface area is 197 Å². The van der Waals surface area contributed by atoms with E-state index in [1.54, 1.807) is 23.0 Å². The summed E-state index contributed by atoms with van der Waals surface area (Å²) in [6.07, 6.45) is 3.48. The minimum Gasteiger partial charge on any atom is -0.422 e. The van der Waals surface area contributed by atoms with Gasteiger partial charge in [0.05, 0.1) is 27.7 Å². The van der Waals surface area contributed by atoms with Crippen molar-refractivity contribution in [3.05, 3.63) is 107 Å². The Morgan fingerprint density at radius 2 is 1.76 bits per heavy atom. The van der Waals surface area contributed by atoms with E-state index < -0.39 is 5.63 Å². The number of fused-ring (bicyclic) bond motifs is 2. The molecule has 164 valence electrons. The summed E-state index contributed by atoms with van der Waals surface area (Å²) in [6.45, 7) is 0. The van der Waals surface area contributed by atoms with Crippen LogP contribution in [0.1, 0.15) is 5.56 Å². The lowest BCUT2D eigenvalue weighted by Gasteiger charge is -2.01. The van der Waals surface area contributed by atoms with E-state index in [1.807, 2.05) is 79.0 Å². The lowest BCUT2D eigenvalue weighted by Crippen LogP contribution is -2.05. The average Bonchev–Trinajstić information content (AvgIpc) is 3.48. The molecule has 34 heavy (non-hydrogen) atoms. The van der Waals surface area contributed by atoms with Crippen LogP contribution in [0.5, 0.6) is 0 Å². The van der Waals surface area contributed by atoms with Gasteiger partial charge in [-0.05, 0) is 36.4 Å². The second-order valence-electron chi connectivity index (χ2n) is 7.56. The molecule has 6 rings (SSSR count). The Hall–Kier alpha value is -4.56. The number of hydrazone groups is 1. The molecule has 7 nitrogen and oxygen atoms in total. The van der Waals surface area contributed by atoms with E-state index in [2.05, 4.69) is 15.5 Å². The second-order valence-corrected chi connectivity index (χ2v) is 8.59. The molecule has 0 aliphatic rings. The highest BCUT2D eigenvalue weighted by atomic mass is 32.1. The Balaban J connectivity index is 1.42. The summed E-state index contributed by atoms with van der Waals surface area (Å²) >= 11 is 1.52. The van der Waals surface area contributed by atoms with Crippen LogP contribution in [0.2, 0.25) is 0 Å². The van der Waals surface area contributed by atoms with Crippen LogP contribution in [0.3, 0.4) is 0 Å². The summed E-state index contributed by atoms with van der Waals surface area (Å²) in [4.78, 5) is 17.4. The summed E-state index contributed by atoms with van der Waals surface area (Å²) in [5, 5.41) is 10.6. The van der Waals surface area contributed by atoms with Gasteiger partial charge in [0.2, 0.25) is 5.13 Å². The summed E-state index contributed by atoms with van der Waals surface area (Å²) in [5.41, 5.74) is 6.38. The fraction of sp³-hybridized carbons (Fsp3) is 0. The van der Waals surface area contributed by atoms with Gasteiger partial charge >= 0.3 is 5.63 Å². The van der Waals surface area contributed by atoms with E-state index in [4.69, 9.17) is 9.52 Å². The first kappa shape index (κ1) is 20.1. The first-order chi connectivity index (χ1) is 16.7. The van der Waals surface area contributed by atoms with Gasteiger partial charge in [-0.25, -0.2) is 14.5 Å². The van der Waals surface area contributed by atoms with E-state index >= 15 is 0 Å². The summed E-state index contributed by atoms with van der Waals surface area (Å²) in [5.74, 6) is 0. The van der Waals surface area contributed by atoms with E-state index in [9.17, 15) is 4.79 Å². The normalized spacial score (nSPS) is 11.5. The number of nitrogens with zero attached hydrogens (tertiary/aromatic N) is 4. The van der Waals surface area contributed by atoms with E-state index in [0.29, 0.717) is 27.5 Å². The topological polar surface area (TPSA) is 85.3 Å². The number of anilines is 1. The van der Waals surface area contributed by atoms with Crippen molar-refractivity contribution in [2.24, 2.45) is 5.10 Å². The molecule has 0 fully saturated rings. The fourth-order valence-electron chi connectivity index (χ4n) is 3.71. The number of benzene rings is 3. The van der Waals surface area contributed by atoms with Crippen molar-refractivity contribution in [1.29, 1.82) is 0 Å². The maximum absolute atomic E-state index is 12.8. The van der Waals surface area contributed by atoms with Crippen LogP contribution in [0.25, 0.3) is 38.1 Å². The van der Waals surface area contributed by atoms with Crippen molar-refractivity contribution in [1.82, 2.24) is 14.8 Å². The summed E-state index contributed by atoms with van der Waals surface area (Å²) in [6, 6.07) is 26.8. The average molecular weight is 464 g/mol. The van der Waals surface area contributed by atoms with Gasteiger partial charge in [0.25, 0.3) is 0 Å². The van der Waals surface area contributed by atoms with Crippen LogP contribution in [-0.2, 0) is 0 Å². The first-order valence-corrected chi connectivity index (χ1v) is 11.4. The smallest absolute Gasteiger partial charge is 0.345 e. The largest absolute Gasteiger partial charge is 0.422 e. The summed E-state index contributed by atoms with van der Waals surface area (Å²) in [7, 11) is 0. The molecule has 3 aromatic heterocycles. The van der Waals surface area contributed by atoms with Crippen molar-refractivity contribution >= 4 is 43.9 Å². The van der Waals surface area contributed by atoms with Crippen LogP contribution in [0, 0.1) is 0 Å². The Bertz CT molecular complexity index is 1680. The maximum Gasteiger partial charge on any atom is 0.345 e. The second kappa shape index (κ2) is 8.42.